The van der Waals surface area contributed by atoms with Gasteiger partial charge in [-0.15, -0.1) is 0 Å². The van der Waals surface area contributed by atoms with Gasteiger partial charge in [0.1, 0.15) is 17.6 Å². The summed E-state index contributed by atoms with van der Waals surface area (Å²) in [6.45, 7) is 0. The Kier molecular flexibility index (Phi) is 4.10. The number of halogens is 1. The zero-order valence-corrected chi connectivity index (χ0v) is 11.8. The van der Waals surface area contributed by atoms with Crippen molar-refractivity contribution in [2.45, 2.75) is 4.90 Å². The number of nitrogens with zero attached hydrogens (tertiary/aromatic N) is 1. The number of para-hydroxylation sites is 2. The summed E-state index contributed by atoms with van der Waals surface area (Å²) in [4.78, 5) is -0.202. The molecular formula is C14H11FN2O3S. The van der Waals surface area contributed by atoms with Gasteiger partial charge in [-0.05, 0) is 30.3 Å². The van der Waals surface area contributed by atoms with Crippen LogP contribution < -0.4 is 9.46 Å². The van der Waals surface area contributed by atoms with E-state index in [2.05, 4.69) is 4.72 Å². The van der Waals surface area contributed by atoms with E-state index in [1.54, 1.807) is 24.3 Å². The Morgan fingerprint density at radius 1 is 1.24 bits per heavy atom. The number of nitriles is 1. The second-order valence-corrected chi connectivity index (χ2v) is 5.74. The minimum Gasteiger partial charge on any atom is -0.495 e. The molecule has 7 heteroatoms. The zero-order chi connectivity index (χ0) is 15.5. The van der Waals surface area contributed by atoms with Gasteiger partial charge in [0, 0.05) is 0 Å². The van der Waals surface area contributed by atoms with E-state index in [4.69, 9.17) is 10.00 Å². The molecule has 0 amide bonds. The van der Waals surface area contributed by atoms with Gasteiger partial charge in [-0.25, -0.2) is 12.8 Å². The molecule has 2 rings (SSSR count). The van der Waals surface area contributed by atoms with Crippen molar-refractivity contribution < 1.29 is 17.5 Å². The van der Waals surface area contributed by atoms with Crippen LogP contribution in [0.3, 0.4) is 0 Å². The molecule has 0 atom stereocenters. The van der Waals surface area contributed by atoms with Crippen molar-refractivity contribution in [1.29, 1.82) is 5.26 Å². The van der Waals surface area contributed by atoms with Crippen LogP contribution >= 0.6 is 0 Å². The largest absolute Gasteiger partial charge is 0.495 e. The molecule has 0 aliphatic heterocycles. The third kappa shape index (κ3) is 3.12. The van der Waals surface area contributed by atoms with E-state index in [9.17, 15) is 12.8 Å². The fourth-order valence-corrected chi connectivity index (χ4v) is 2.79. The first kappa shape index (κ1) is 14.8. The van der Waals surface area contributed by atoms with E-state index >= 15 is 0 Å². The van der Waals surface area contributed by atoms with Crippen molar-refractivity contribution in [3.63, 3.8) is 0 Å². The van der Waals surface area contributed by atoms with E-state index < -0.39 is 15.8 Å². The first-order chi connectivity index (χ1) is 9.97. The van der Waals surface area contributed by atoms with Gasteiger partial charge in [-0.2, -0.15) is 5.26 Å². The summed E-state index contributed by atoms with van der Waals surface area (Å²) < 4.78 is 45.1. The zero-order valence-electron chi connectivity index (χ0n) is 11.0. The highest BCUT2D eigenvalue weighted by Crippen LogP contribution is 2.26. The van der Waals surface area contributed by atoms with E-state index in [-0.39, 0.29) is 16.1 Å². The van der Waals surface area contributed by atoms with Gasteiger partial charge in [-0.3, -0.25) is 4.72 Å². The van der Waals surface area contributed by atoms with Gasteiger partial charge in [-0.1, -0.05) is 12.1 Å². The molecule has 108 valence electrons. The summed E-state index contributed by atoms with van der Waals surface area (Å²) in [6, 6.07) is 11.1. The monoisotopic (exact) mass is 306 g/mol. The summed E-state index contributed by atoms with van der Waals surface area (Å²) in [5.74, 6) is -0.419. The van der Waals surface area contributed by atoms with Crippen LogP contribution in [0, 0.1) is 17.1 Å². The molecule has 2 aromatic rings. The molecule has 0 aliphatic rings. The van der Waals surface area contributed by atoms with E-state index in [1.165, 1.54) is 13.2 Å². The number of anilines is 1. The lowest BCUT2D eigenvalue weighted by Crippen LogP contribution is -2.14. The molecule has 1 N–H and O–H groups in total. The smallest absolute Gasteiger partial charge is 0.262 e. The predicted molar refractivity (Wildman–Crippen MR) is 74.9 cm³/mol. The lowest BCUT2D eigenvalue weighted by Gasteiger charge is -2.11. The van der Waals surface area contributed by atoms with Crippen LogP contribution in [0.5, 0.6) is 5.75 Å². The fraction of sp³-hybridized carbons (Fsp3) is 0.0714. The molecule has 0 spiro atoms. The highest BCUT2D eigenvalue weighted by molar-refractivity contribution is 7.92. The van der Waals surface area contributed by atoms with E-state index in [0.717, 1.165) is 18.2 Å². The van der Waals surface area contributed by atoms with Crippen molar-refractivity contribution in [2.24, 2.45) is 0 Å². The number of hydrogen-bond donors (Lipinski definition) is 1. The Morgan fingerprint density at radius 3 is 2.62 bits per heavy atom. The average molecular weight is 306 g/mol. The molecule has 0 bridgehead atoms. The van der Waals surface area contributed by atoms with Crippen LogP contribution in [-0.4, -0.2) is 15.5 Å². The third-order valence-electron chi connectivity index (χ3n) is 2.72. The molecule has 0 saturated carbocycles. The van der Waals surface area contributed by atoms with Crippen LogP contribution in [0.2, 0.25) is 0 Å². The maximum atomic E-state index is 13.2. The van der Waals surface area contributed by atoms with Gasteiger partial charge in [0.2, 0.25) is 0 Å². The Balaban J connectivity index is 2.41. The Morgan fingerprint density at radius 2 is 1.95 bits per heavy atom. The first-order valence-corrected chi connectivity index (χ1v) is 7.32. The Hall–Kier alpha value is -2.59. The van der Waals surface area contributed by atoms with Gasteiger partial charge >= 0.3 is 0 Å². The maximum Gasteiger partial charge on any atom is 0.262 e. The number of methoxy groups -OCH3 is 1. The fourth-order valence-electron chi connectivity index (χ4n) is 1.69. The molecule has 0 unspecified atom stereocenters. The first-order valence-electron chi connectivity index (χ1n) is 5.83. The molecule has 21 heavy (non-hydrogen) atoms. The average Bonchev–Trinajstić information content (AvgIpc) is 2.47. The molecular weight excluding hydrogens is 295 g/mol. The summed E-state index contributed by atoms with van der Waals surface area (Å²) in [7, 11) is -2.53. The molecule has 0 aromatic heterocycles. The maximum absolute atomic E-state index is 13.2. The highest BCUT2D eigenvalue weighted by atomic mass is 32.2. The number of sulfonamides is 1. The van der Waals surface area contributed by atoms with Gasteiger partial charge in [0.15, 0.2) is 0 Å². The lowest BCUT2D eigenvalue weighted by atomic mass is 10.2. The summed E-state index contributed by atoms with van der Waals surface area (Å²) in [6.07, 6.45) is 0. The standard InChI is InChI=1S/C14H11FN2O3S/c1-20-14-5-3-2-4-13(14)17-21(18,19)11-6-7-12(15)10(8-11)9-16/h2-8,17H,1H3. The van der Waals surface area contributed by atoms with Crippen LogP contribution in [0.15, 0.2) is 47.4 Å². The SMILES string of the molecule is COc1ccccc1NS(=O)(=O)c1ccc(F)c(C#N)c1. The second-order valence-electron chi connectivity index (χ2n) is 4.06. The molecule has 0 heterocycles. The van der Waals surface area contributed by atoms with Crippen molar-refractivity contribution in [2.75, 3.05) is 11.8 Å². The minimum atomic E-state index is -3.94. The third-order valence-corrected chi connectivity index (χ3v) is 4.08. The van der Waals surface area contributed by atoms with Crippen LogP contribution in [0.1, 0.15) is 5.56 Å². The van der Waals surface area contributed by atoms with E-state index in [0.29, 0.717) is 5.75 Å². The molecule has 2 aromatic carbocycles. The summed E-state index contributed by atoms with van der Waals surface area (Å²) >= 11 is 0. The predicted octanol–water partition coefficient (Wildman–Crippen LogP) is 2.51. The van der Waals surface area contributed by atoms with Crippen LogP contribution in [-0.2, 0) is 10.0 Å². The van der Waals surface area contributed by atoms with Crippen LogP contribution in [0.4, 0.5) is 10.1 Å². The van der Waals surface area contributed by atoms with E-state index in [1.807, 2.05) is 0 Å². The van der Waals surface area contributed by atoms with Crippen molar-refractivity contribution in [3.8, 4) is 11.8 Å². The summed E-state index contributed by atoms with van der Waals surface area (Å²) in [5.41, 5.74) is -0.0827. The van der Waals surface area contributed by atoms with Gasteiger partial charge < -0.3 is 4.74 Å². The molecule has 0 fully saturated rings. The second kappa shape index (κ2) is 5.81. The van der Waals surface area contributed by atoms with Crippen molar-refractivity contribution in [3.05, 3.63) is 53.8 Å². The number of ether oxygens (including phenoxy) is 1. The Labute approximate surface area is 121 Å². The van der Waals surface area contributed by atoms with Crippen molar-refractivity contribution in [1.82, 2.24) is 0 Å². The van der Waals surface area contributed by atoms with Crippen molar-refractivity contribution >= 4 is 15.7 Å². The van der Waals surface area contributed by atoms with Crippen LogP contribution in [0.25, 0.3) is 0 Å². The number of nitrogens with one attached hydrogen (secondary N) is 1. The summed E-state index contributed by atoms with van der Waals surface area (Å²) in [5, 5.41) is 8.76. The molecule has 0 radical (unpaired) electrons. The minimum absolute atomic E-state index is 0.202. The number of hydrogen-bond acceptors (Lipinski definition) is 4. The van der Waals surface area contributed by atoms with Gasteiger partial charge in [0.05, 0.1) is 23.3 Å². The van der Waals surface area contributed by atoms with Gasteiger partial charge in [0.25, 0.3) is 10.0 Å². The number of benzene rings is 2. The lowest BCUT2D eigenvalue weighted by molar-refractivity contribution is 0.417. The topological polar surface area (TPSA) is 79.2 Å². The highest BCUT2D eigenvalue weighted by Gasteiger charge is 2.18. The molecule has 5 nitrogen and oxygen atoms in total. The quantitative estimate of drug-likeness (QED) is 0.941. The molecule has 0 aliphatic carbocycles. The Bertz CT molecular complexity index is 813. The number of rotatable bonds is 4. The normalized spacial score (nSPS) is 10.7. The molecule has 0 saturated heterocycles.